The molecule has 3 rings (SSSR count). The van der Waals surface area contributed by atoms with E-state index in [4.69, 9.17) is 0 Å². The lowest BCUT2D eigenvalue weighted by Crippen LogP contribution is -2.59. The summed E-state index contributed by atoms with van der Waals surface area (Å²) in [5, 5.41) is 9.20. The van der Waals surface area contributed by atoms with Crippen LogP contribution in [0.1, 0.15) is 24.0 Å². The summed E-state index contributed by atoms with van der Waals surface area (Å²) in [6.45, 7) is 0.951. The molecule has 0 bridgehead atoms. The van der Waals surface area contributed by atoms with Gasteiger partial charge in [0, 0.05) is 19.7 Å². The lowest BCUT2D eigenvalue weighted by Gasteiger charge is -2.40. The van der Waals surface area contributed by atoms with Gasteiger partial charge in [0.25, 0.3) is 0 Å². The fraction of sp³-hybridized carbons (Fsp3) is 0.333. The first kappa shape index (κ1) is 18.1. The number of hydrogen-bond donors (Lipinski definition) is 1. The van der Waals surface area contributed by atoms with Crippen molar-refractivity contribution in [3.8, 4) is 0 Å². The molecule has 0 spiro atoms. The van der Waals surface area contributed by atoms with E-state index in [2.05, 4.69) is 0 Å². The minimum absolute atomic E-state index is 0.00975. The maximum absolute atomic E-state index is 13.0. The van der Waals surface area contributed by atoms with Crippen LogP contribution in [0, 0.1) is 0 Å². The van der Waals surface area contributed by atoms with Crippen LogP contribution in [0.2, 0.25) is 0 Å². The number of hydrogen-bond acceptors (Lipinski definition) is 3. The number of amides is 2. The molecule has 0 aliphatic carbocycles. The number of piperazine rings is 1. The molecule has 1 saturated heterocycles. The molecule has 0 radical (unpaired) electrons. The fourth-order valence-electron chi connectivity index (χ4n) is 3.33. The summed E-state index contributed by atoms with van der Waals surface area (Å²) in [6.07, 6.45) is 0.966. The van der Waals surface area contributed by atoms with Gasteiger partial charge in [-0.2, -0.15) is 0 Å². The second-order valence-electron chi connectivity index (χ2n) is 6.57. The summed E-state index contributed by atoms with van der Waals surface area (Å²) in [6, 6.07) is 18.9. The van der Waals surface area contributed by atoms with E-state index in [1.54, 1.807) is 9.80 Å². The molecule has 26 heavy (non-hydrogen) atoms. The molecule has 2 amide bonds. The number of aliphatic hydroxyl groups is 1. The van der Waals surface area contributed by atoms with Gasteiger partial charge in [-0.3, -0.25) is 9.59 Å². The third-order valence-corrected chi connectivity index (χ3v) is 4.67. The van der Waals surface area contributed by atoms with Gasteiger partial charge in [-0.15, -0.1) is 0 Å². The zero-order valence-corrected chi connectivity index (χ0v) is 14.8. The van der Waals surface area contributed by atoms with Crippen molar-refractivity contribution in [2.45, 2.75) is 32.0 Å². The lowest BCUT2D eigenvalue weighted by atomic mass is 10.0. The Kier molecular flexibility index (Phi) is 6.02. The summed E-state index contributed by atoms with van der Waals surface area (Å²) >= 11 is 0. The van der Waals surface area contributed by atoms with Gasteiger partial charge in [-0.05, 0) is 24.0 Å². The minimum Gasteiger partial charge on any atom is -0.396 e. The normalized spacial score (nSPS) is 17.7. The van der Waals surface area contributed by atoms with Crippen LogP contribution in [-0.2, 0) is 22.7 Å². The van der Waals surface area contributed by atoms with Crippen molar-refractivity contribution in [3.63, 3.8) is 0 Å². The summed E-state index contributed by atoms with van der Waals surface area (Å²) in [7, 11) is 0. The zero-order chi connectivity index (χ0) is 18.4. The first-order valence-corrected chi connectivity index (χ1v) is 8.96. The second-order valence-corrected chi connectivity index (χ2v) is 6.57. The summed E-state index contributed by atoms with van der Waals surface area (Å²) < 4.78 is 0. The first-order valence-electron chi connectivity index (χ1n) is 8.96. The molecule has 1 heterocycles. The summed E-state index contributed by atoms with van der Waals surface area (Å²) in [5.74, 6) is -0.0924. The monoisotopic (exact) mass is 352 g/mol. The lowest BCUT2D eigenvalue weighted by molar-refractivity contribution is -0.157. The van der Waals surface area contributed by atoms with Crippen LogP contribution in [-0.4, -0.2) is 45.9 Å². The molecule has 2 aromatic rings. The minimum atomic E-state index is -0.521. The van der Waals surface area contributed by atoms with Gasteiger partial charge < -0.3 is 14.9 Å². The SMILES string of the molecule is O=C1[C@@H](CCCO)N(Cc2ccccc2)C(=O)CN1Cc1ccccc1. The summed E-state index contributed by atoms with van der Waals surface area (Å²) in [4.78, 5) is 29.1. The molecule has 1 fully saturated rings. The zero-order valence-electron chi connectivity index (χ0n) is 14.8. The van der Waals surface area contributed by atoms with E-state index in [0.717, 1.165) is 11.1 Å². The molecule has 0 unspecified atom stereocenters. The molecule has 0 saturated carbocycles. The quantitative estimate of drug-likeness (QED) is 0.831. The van der Waals surface area contributed by atoms with Crippen LogP contribution >= 0.6 is 0 Å². The van der Waals surface area contributed by atoms with E-state index in [1.165, 1.54) is 0 Å². The first-order chi connectivity index (χ1) is 12.7. The Balaban J connectivity index is 1.78. The third kappa shape index (κ3) is 4.29. The van der Waals surface area contributed by atoms with E-state index in [-0.39, 0.29) is 25.0 Å². The Morgan fingerprint density at radius 3 is 2.04 bits per heavy atom. The topological polar surface area (TPSA) is 60.9 Å². The highest BCUT2D eigenvalue weighted by atomic mass is 16.3. The Morgan fingerprint density at radius 2 is 1.46 bits per heavy atom. The highest BCUT2D eigenvalue weighted by molar-refractivity contribution is 5.94. The number of carbonyl (C=O) groups excluding carboxylic acids is 2. The van der Waals surface area contributed by atoms with Crippen LogP contribution < -0.4 is 0 Å². The molecule has 2 aromatic carbocycles. The highest BCUT2D eigenvalue weighted by Gasteiger charge is 2.38. The van der Waals surface area contributed by atoms with Crippen molar-refractivity contribution in [3.05, 3.63) is 71.8 Å². The van der Waals surface area contributed by atoms with Crippen molar-refractivity contribution in [1.29, 1.82) is 0 Å². The maximum atomic E-state index is 13.0. The third-order valence-electron chi connectivity index (χ3n) is 4.67. The smallest absolute Gasteiger partial charge is 0.246 e. The van der Waals surface area contributed by atoms with Crippen molar-refractivity contribution in [2.75, 3.05) is 13.2 Å². The van der Waals surface area contributed by atoms with Gasteiger partial charge in [0.05, 0.1) is 0 Å². The van der Waals surface area contributed by atoms with Gasteiger partial charge in [-0.25, -0.2) is 0 Å². The molecule has 1 N–H and O–H groups in total. The van der Waals surface area contributed by atoms with Crippen molar-refractivity contribution >= 4 is 11.8 Å². The predicted octanol–water partition coefficient (Wildman–Crippen LogP) is 2.20. The standard InChI is InChI=1S/C21H24N2O3/c24-13-7-12-19-21(26)22(14-17-8-3-1-4-9-17)16-20(25)23(19)15-18-10-5-2-6-11-18/h1-6,8-11,19,24H,7,12-16H2/t19-/m1/s1. The maximum Gasteiger partial charge on any atom is 0.246 e. The molecule has 5 heteroatoms. The van der Waals surface area contributed by atoms with E-state index in [0.29, 0.717) is 25.9 Å². The van der Waals surface area contributed by atoms with Crippen molar-refractivity contribution in [1.82, 2.24) is 9.80 Å². The average Bonchev–Trinajstić information content (AvgIpc) is 2.67. The molecular weight excluding hydrogens is 328 g/mol. The van der Waals surface area contributed by atoms with Gasteiger partial charge in [0.2, 0.25) is 11.8 Å². The van der Waals surface area contributed by atoms with E-state index in [1.807, 2.05) is 60.7 Å². The molecule has 1 atom stereocenters. The number of rotatable bonds is 7. The number of carbonyl (C=O) groups is 2. The number of aliphatic hydroxyl groups excluding tert-OH is 1. The molecule has 1 aliphatic heterocycles. The summed E-state index contributed by atoms with van der Waals surface area (Å²) in [5.41, 5.74) is 2.00. The average molecular weight is 352 g/mol. The van der Waals surface area contributed by atoms with Crippen molar-refractivity contribution in [2.24, 2.45) is 0 Å². The van der Waals surface area contributed by atoms with Crippen LogP contribution in [0.15, 0.2) is 60.7 Å². The number of nitrogens with zero attached hydrogens (tertiary/aromatic N) is 2. The number of benzene rings is 2. The largest absolute Gasteiger partial charge is 0.396 e. The Labute approximate surface area is 153 Å². The van der Waals surface area contributed by atoms with Crippen LogP contribution in [0.4, 0.5) is 0 Å². The van der Waals surface area contributed by atoms with E-state index < -0.39 is 6.04 Å². The molecule has 5 nitrogen and oxygen atoms in total. The molecule has 136 valence electrons. The Morgan fingerprint density at radius 1 is 0.885 bits per heavy atom. The van der Waals surface area contributed by atoms with E-state index >= 15 is 0 Å². The van der Waals surface area contributed by atoms with Gasteiger partial charge >= 0.3 is 0 Å². The van der Waals surface area contributed by atoms with Crippen molar-refractivity contribution < 1.29 is 14.7 Å². The Bertz CT molecular complexity index is 733. The Hall–Kier alpha value is -2.66. The van der Waals surface area contributed by atoms with Gasteiger partial charge in [0.15, 0.2) is 0 Å². The molecule has 1 aliphatic rings. The predicted molar refractivity (Wildman–Crippen MR) is 99.0 cm³/mol. The second kappa shape index (κ2) is 8.63. The molecule has 0 aromatic heterocycles. The van der Waals surface area contributed by atoms with Gasteiger partial charge in [0.1, 0.15) is 12.6 Å². The van der Waals surface area contributed by atoms with E-state index in [9.17, 15) is 14.7 Å². The van der Waals surface area contributed by atoms with Gasteiger partial charge in [-0.1, -0.05) is 60.7 Å². The highest BCUT2D eigenvalue weighted by Crippen LogP contribution is 2.21. The van der Waals surface area contributed by atoms with Crippen LogP contribution in [0.25, 0.3) is 0 Å². The van der Waals surface area contributed by atoms with Crippen LogP contribution in [0.5, 0.6) is 0 Å². The van der Waals surface area contributed by atoms with Crippen LogP contribution in [0.3, 0.4) is 0 Å². The fourth-order valence-corrected chi connectivity index (χ4v) is 3.33. The molecular formula is C21H24N2O3.